The number of rotatable bonds is 65. The Hall–Kier alpha value is -3.67. The molecule has 0 saturated heterocycles. The van der Waals surface area contributed by atoms with Crippen molar-refractivity contribution >= 4 is 17.9 Å². The van der Waals surface area contributed by atoms with Crippen molar-refractivity contribution in [3.05, 3.63) is 97.2 Å². The highest BCUT2D eigenvalue weighted by Gasteiger charge is 2.19. The van der Waals surface area contributed by atoms with Gasteiger partial charge in [-0.3, -0.25) is 14.4 Å². The number of hydrogen-bond acceptors (Lipinski definition) is 6. The minimum Gasteiger partial charge on any atom is -0.462 e. The molecule has 0 aromatic carbocycles. The molecule has 0 rings (SSSR count). The molecule has 0 radical (unpaired) electrons. The van der Waals surface area contributed by atoms with Crippen molar-refractivity contribution in [1.29, 1.82) is 0 Å². The van der Waals surface area contributed by atoms with Crippen molar-refractivity contribution in [2.75, 3.05) is 13.2 Å². The molecular formula is C77H134O6. The van der Waals surface area contributed by atoms with Crippen molar-refractivity contribution in [3.63, 3.8) is 0 Å². The van der Waals surface area contributed by atoms with Crippen LogP contribution in [0.2, 0.25) is 0 Å². The van der Waals surface area contributed by atoms with Crippen molar-refractivity contribution in [1.82, 2.24) is 0 Å². The van der Waals surface area contributed by atoms with Crippen LogP contribution in [0.4, 0.5) is 0 Å². The van der Waals surface area contributed by atoms with E-state index in [-0.39, 0.29) is 31.1 Å². The van der Waals surface area contributed by atoms with E-state index in [1.807, 2.05) is 0 Å². The van der Waals surface area contributed by atoms with Crippen molar-refractivity contribution in [2.45, 2.75) is 361 Å². The molecule has 6 heteroatoms. The van der Waals surface area contributed by atoms with Crippen LogP contribution in [-0.4, -0.2) is 37.2 Å². The Kier molecular flexibility index (Phi) is 67.7. The molecule has 0 heterocycles. The highest BCUT2D eigenvalue weighted by Crippen LogP contribution is 2.17. The largest absolute Gasteiger partial charge is 0.462 e. The molecular weight excluding hydrogens is 1020 g/mol. The van der Waals surface area contributed by atoms with Gasteiger partial charge in [-0.15, -0.1) is 0 Å². The molecule has 83 heavy (non-hydrogen) atoms. The van der Waals surface area contributed by atoms with Gasteiger partial charge in [0, 0.05) is 19.3 Å². The van der Waals surface area contributed by atoms with Gasteiger partial charge in [-0.25, -0.2) is 0 Å². The maximum Gasteiger partial charge on any atom is 0.306 e. The summed E-state index contributed by atoms with van der Waals surface area (Å²) in [5.74, 6) is -0.876. The molecule has 0 saturated carbocycles. The molecule has 0 spiro atoms. The van der Waals surface area contributed by atoms with Crippen molar-refractivity contribution in [3.8, 4) is 0 Å². The first-order valence-corrected chi connectivity index (χ1v) is 35.7. The fraction of sp³-hybridized carbons (Fsp3) is 0.753. The van der Waals surface area contributed by atoms with E-state index in [0.29, 0.717) is 19.3 Å². The first kappa shape index (κ1) is 79.3. The molecule has 6 nitrogen and oxygen atoms in total. The van der Waals surface area contributed by atoms with Crippen LogP contribution in [0.1, 0.15) is 355 Å². The average Bonchev–Trinajstić information content (AvgIpc) is 3.49. The van der Waals surface area contributed by atoms with Crippen molar-refractivity contribution < 1.29 is 28.6 Å². The van der Waals surface area contributed by atoms with Crippen molar-refractivity contribution in [2.24, 2.45) is 0 Å². The van der Waals surface area contributed by atoms with Crippen LogP contribution in [0.15, 0.2) is 97.2 Å². The predicted octanol–water partition coefficient (Wildman–Crippen LogP) is 24.8. The lowest BCUT2D eigenvalue weighted by atomic mass is 10.0. The van der Waals surface area contributed by atoms with Gasteiger partial charge in [-0.05, 0) is 122 Å². The Labute approximate surface area is 515 Å². The number of allylic oxidation sites excluding steroid dienone is 16. The lowest BCUT2D eigenvalue weighted by Crippen LogP contribution is -2.30. The van der Waals surface area contributed by atoms with E-state index in [4.69, 9.17) is 14.2 Å². The predicted molar refractivity (Wildman–Crippen MR) is 362 cm³/mol. The molecule has 0 bridgehead atoms. The van der Waals surface area contributed by atoms with Gasteiger partial charge >= 0.3 is 17.9 Å². The second kappa shape index (κ2) is 70.8. The van der Waals surface area contributed by atoms with Gasteiger partial charge in [-0.1, -0.05) is 311 Å². The summed E-state index contributed by atoms with van der Waals surface area (Å²) in [7, 11) is 0. The van der Waals surface area contributed by atoms with Gasteiger partial charge in [0.25, 0.3) is 0 Å². The van der Waals surface area contributed by atoms with Gasteiger partial charge in [0.2, 0.25) is 0 Å². The minimum atomic E-state index is -0.784. The van der Waals surface area contributed by atoms with E-state index in [2.05, 4.69) is 118 Å². The average molecular weight is 1160 g/mol. The van der Waals surface area contributed by atoms with Crippen LogP contribution in [0, 0.1) is 0 Å². The van der Waals surface area contributed by atoms with Crippen LogP contribution < -0.4 is 0 Å². The highest BCUT2D eigenvalue weighted by molar-refractivity contribution is 5.71. The van der Waals surface area contributed by atoms with Crippen LogP contribution >= 0.6 is 0 Å². The van der Waals surface area contributed by atoms with Crippen LogP contribution in [0.5, 0.6) is 0 Å². The van der Waals surface area contributed by atoms with Gasteiger partial charge in [-0.2, -0.15) is 0 Å². The molecule has 0 N–H and O–H groups in total. The lowest BCUT2D eigenvalue weighted by Gasteiger charge is -2.18. The third-order valence-corrected chi connectivity index (χ3v) is 15.5. The van der Waals surface area contributed by atoms with E-state index in [1.165, 1.54) is 212 Å². The summed E-state index contributed by atoms with van der Waals surface area (Å²) in [6.45, 7) is 6.53. The second-order valence-corrected chi connectivity index (χ2v) is 23.8. The topological polar surface area (TPSA) is 78.9 Å². The summed E-state index contributed by atoms with van der Waals surface area (Å²) < 4.78 is 17.0. The number of carbonyl (C=O) groups excluding carboxylic acids is 3. The molecule has 478 valence electrons. The van der Waals surface area contributed by atoms with Gasteiger partial charge in [0.15, 0.2) is 6.10 Å². The number of carbonyl (C=O) groups is 3. The Morgan fingerprint density at radius 1 is 0.253 bits per heavy atom. The van der Waals surface area contributed by atoms with Crippen LogP contribution in [0.3, 0.4) is 0 Å². The van der Waals surface area contributed by atoms with Crippen LogP contribution in [0.25, 0.3) is 0 Å². The quantitative estimate of drug-likeness (QED) is 0.0261. The number of hydrogen-bond donors (Lipinski definition) is 0. The van der Waals surface area contributed by atoms with E-state index in [0.717, 1.165) is 103 Å². The summed E-state index contributed by atoms with van der Waals surface area (Å²) in [5, 5.41) is 0. The summed E-state index contributed by atoms with van der Waals surface area (Å²) in [6.07, 6.45) is 95.7. The normalized spacial score (nSPS) is 12.7. The van der Waals surface area contributed by atoms with Gasteiger partial charge in [0.05, 0.1) is 0 Å². The van der Waals surface area contributed by atoms with Gasteiger partial charge < -0.3 is 14.2 Å². The monoisotopic (exact) mass is 1160 g/mol. The third kappa shape index (κ3) is 69.0. The molecule has 0 aromatic rings. The summed E-state index contributed by atoms with van der Waals surface area (Å²) in [6, 6.07) is 0. The molecule has 0 aliphatic carbocycles. The van der Waals surface area contributed by atoms with E-state index in [9.17, 15) is 14.4 Å². The SMILES string of the molecule is CC/C=C\C/C=C\C/C=C\C/C=C\C/C=C\CCCCCCCCCCCCCC(=O)OCC(COC(=O)CCCCCCC/C=C\CCCCCC)OC(=O)CCCCCCCCCCCCCCC/C=C\C/C=C\CCCCCCC. The molecule has 0 fully saturated rings. The fourth-order valence-corrected chi connectivity index (χ4v) is 10.2. The lowest BCUT2D eigenvalue weighted by molar-refractivity contribution is -0.167. The first-order chi connectivity index (χ1) is 41.0. The Morgan fingerprint density at radius 2 is 0.470 bits per heavy atom. The Balaban J connectivity index is 4.28. The second-order valence-electron chi connectivity index (χ2n) is 23.8. The molecule has 1 atom stereocenters. The minimum absolute atomic E-state index is 0.0797. The Morgan fingerprint density at radius 3 is 0.759 bits per heavy atom. The zero-order valence-corrected chi connectivity index (χ0v) is 54.9. The zero-order chi connectivity index (χ0) is 59.9. The summed E-state index contributed by atoms with van der Waals surface area (Å²) >= 11 is 0. The zero-order valence-electron chi connectivity index (χ0n) is 54.9. The third-order valence-electron chi connectivity index (χ3n) is 15.5. The molecule has 0 aliphatic rings. The van der Waals surface area contributed by atoms with E-state index < -0.39 is 6.10 Å². The standard InChI is InChI=1S/C77H134O6/c1-4-7-10-13-16-19-22-25-27-29-31-33-35-37-38-40-41-43-45-47-49-52-55-58-61-64-67-70-76(79)82-73-74(72-81-75(78)69-66-63-60-57-54-51-24-21-18-15-12-9-6-3)83-77(80)71-68-65-62-59-56-53-50-48-46-44-42-39-36-34-32-30-28-26-23-20-17-14-11-8-5-2/h7,10,16,19,21,23-27,30-33,37-38,74H,4-6,8-9,11-15,17-18,20,22,28-29,34-36,39-73H2,1-3H3/b10-7-,19-16-,24-21-,26-23-,27-25-,32-30-,33-31-,38-37-. The number of unbranched alkanes of at least 4 members (excludes halogenated alkanes) is 38. The summed E-state index contributed by atoms with van der Waals surface area (Å²) in [4.78, 5) is 38.4. The van der Waals surface area contributed by atoms with E-state index >= 15 is 0 Å². The number of esters is 3. The molecule has 0 aliphatic heterocycles. The Bertz CT molecular complexity index is 1610. The van der Waals surface area contributed by atoms with E-state index in [1.54, 1.807) is 0 Å². The van der Waals surface area contributed by atoms with Gasteiger partial charge in [0.1, 0.15) is 13.2 Å². The van der Waals surface area contributed by atoms with Crippen LogP contribution in [-0.2, 0) is 28.6 Å². The smallest absolute Gasteiger partial charge is 0.306 e. The molecule has 1 unspecified atom stereocenters. The molecule has 0 amide bonds. The fourth-order valence-electron chi connectivity index (χ4n) is 10.2. The summed E-state index contributed by atoms with van der Waals surface area (Å²) in [5.41, 5.74) is 0. The number of ether oxygens (including phenoxy) is 3. The maximum atomic E-state index is 13.0. The molecule has 0 aromatic heterocycles. The highest BCUT2D eigenvalue weighted by atomic mass is 16.6. The maximum absolute atomic E-state index is 13.0. The first-order valence-electron chi connectivity index (χ1n) is 35.7.